The van der Waals surface area contributed by atoms with E-state index in [1.807, 2.05) is 18.2 Å². The number of anilines is 1. The number of nitrogen functional groups attached to an aromatic ring is 1. The lowest BCUT2D eigenvalue weighted by molar-refractivity contribution is 0.203. The quantitative estimate of drug-likeness (QED) is 0.649. The van der Waals surface area contributed by atoms with Gasteiger partial charge in [0, 0.05) is 36.4 Å². The largest absolute Gasteiger partial charge is 0.384 e. The third-order valence-electron chi connectivity index (χ3n) is 4.51. The highest BCUT2D eigenvalue weighted by Gasteiger charge is 2.34. The minimum atomic E-state index is 0.0233. The zero-order chi connectivity index (χ0) is 14.3. The van der Waals surface area contributed by atoms with Crippen LogP contribution in [0.1, 0.15) is 25.3 Å². The van der Waals surface area contributed by atoms with Gasteiger partial charge in [0.15, 0.2) is 0 Å². The summed E-state index contributed by atoms with van der Waals surface area (Å²) in [6, 6.07) is 7.00. The van der Waals surface area contributed by atoms with Crippen molar-refractivity contribution in [2.45, 2.75) is 31.8 Å². The summed E-state index contributed by atoms with van der Waals surface area (Å²) < 4.78 is 0. The van der Waals surface area contributed by atoms with Gasteiger partial charge in [-0.25, -0.2) is 0 Å². The standard InChI is InChI=1S/C15H21ClN4/c1-10-8-19-6-2-3-12(19)9-20(10)11-4-5-13(15(17)18)14(16)7-11/h4-5,7,10,12H,2-3,6,8-9H2,1H3,(H3,17,18). The summed E-state index contributed by atoms with van der Waals surface area (Å²) in [4.78, 5) is 5.04. The zero-order valence-corrected chi connectivity index (χ0v) is 12.5. The van der Waals surface area contributed by atoms with Gasteiger partial charge >= 0.3 is 0 Å². The molecule has 2 aliphatic heterocycles. The predicted molar refractivity (Wildman–Crippen MR) is 83.9 cm³/mol. The summed E-state index contributed by atoms with van der Waals surface area (Å²) in [6.07, 6.45) is 2.61. The fourth-order valence-electron chi connectivity index (χ4n) is 3.45. The highest BCUT2D eigenvalue weighted by atomic mass is 35.5. The first-order valence-electron chi connectivity index (χ1n) is 7.21. The topological polar surface area (TPSA) is 56.4 Å². The molecule has 2 fully saturated rings. The van der Waals surface area contributed by atoms with E-state index < -0.39 is 0 Å². The first-order valence-corrected chi connectivity index (χ1v) is 7.58. The van der Waals surface area contributed by atoms with Crippen molar-refractivity contribution in [3.8, 4) is 0 Å². The molecule has 2 saturated heterocycles. The number of hydrogen-bond donors (Lipinski definition) is 2. The Labute approximate surface area is 125 Å². The Morgan fingerprint density at radius 3 is 2.90 bits per heavy atom. The molecule has 0 saturated carbocycles. The SMILES string of the molecule is CC1CN2CCCC2CN1c1ccc(C(=N)N)c(Cl)c1. The van der Waals surface area contributed by atoms with Gasteiger partial charge in [0.2, 0.25) is 0 Å². The summed E-state index contributed by atoms with van der Waals surface area (Å²) in [6.45, 7) is 5.70. The highest BCUT2D eigenvalue weighted by Crippen LogP contribution is 2.30. The van der Waals surface area contributed by atoms with Gasteiger partial charge in [-0.15, -0.1) is 0 Å². The lowest BCUT2D eigenvalue weighted by Gasteiger charge is -2.43. The minimum Gasteiger partial charge on any atom is -0.384 e. The molecule has 20 heavy (non-hydrogen) atoms. The van der Waals surface area contributed by atoms with Gasteiger partial charge in [-0.05, 0) is 44.5 Å². The third-order valence-corrected chi connectivity index (χ3v) is 4.82. The Kier molecular flexibility index (Phi) is 3.61. The van der Waals surface area contributed by atoms with Crippen molar-refractivity contribution >= 4 is 23.1 Å². The number of benzene rings is 1. The van der Waals surface area contributed by atoms with E-state index in [2.05, 4.69) is 16.7 Å². The summed E-state index contributed by atoms with van der Waals surface area (Å²) in [5, 5.41) is 8.07. The number of fused-ring (bicyclic) bond motifs is 1. The molecule has 0 aromatic heterocycles. The van der Waals surface area contributed by atoms with Gasteiger partial charge in [0.25, 0.3) is 0 Å². The van der Waals surface area contributed by atoms with Crippen molar-refractivity contribution in [3.63, 3.8) is 0 Å². The molecule has 108 valence electrons. The summed E-state index contributed by atoms with van der Waals surface area (Å²) >= 11 is 6.24. The molecule has 0 radical (unpaired) electrons. The molecule has 3 rings (SSSR count). The van der Waals surface area contributed by atoms with Crippen molar-refractivity contribution < 1.29 is 0 Å². The Balaban J connectivity index is 1.85. The van der Waals surface area contributed by atoms with Gasteiger partial charge < -0.3 is 10.6 Å². The molecule has 2 atom stereocenters. The van der Waals surface area contributed by atoms with Gasteiger partial charge in [-0.1, -0.05) is 11.6 Å². The van der Waals surface area contributed by atoms with E-state index in [-0.39, 0.29) is 5.84 Å². The van der Waals surface area contributed by atoms with Crippen LogP contribution in [0.25, 0.3) is 0 Å². The Morgan fingerprint density at radius 1 is 1.40 bits per heavy atom. The Morgan fingerprint density at radius 2 is 2.20 bits per heavy atom. The lowest BCUT2D eigenvalue weighted by atomic mass is 10.1. The molecule has 2 unspecified atom stereocenters. The Bertz CT molecular complexity index is 531. The lowest BCUT2D eigenvalue weighted by Crippen LogP contribution is -2.55. The maximum Gasteiger partial charge on any atom is 0.124 e. The van der Waals surface area contributed by atoms with E-state index in [0.717, 1.165) is 18.8 Å². The van der Waals surface area contributed by atoms with Gasteiger partial charge in [0.05, 0.1) is 5.02 Å². The third kappa shape index (κ3) is 2.38. The van der Waals surface area contributed by atoms with E-state index in [4.69, 9.17) is 22.7 Å². The summed E-state index contributed by atoms with van der Waals surface area (Å²) in [5.41, 5.74) is 7.27. The molecule has 1 aromatic rings. The molecule has 4 nitrogen and oxygen atoms in total. The number of hydrogen-bond acceptors (Lipinski definition) is 3. The predicted octanol–water partition coefficient (Wildman–Crippen LogP) is 2.30. The maximum atomic E-state index is 7.50. The van der Waals surface area contributed by atoms with Crippen LogP contribution in [0, 0.1) is 5.41 Å². The van der Waals surface area contributed by atoms with Crippen LogP contribution in [0.5, 0.6) is 0 Å². The van der Waals surface area contributed by atoms with Crippen molar-refractivity contribution in [2.24, 2.45) is 5.73 Å². The van der Waals surface area contributed by atoms with Crippen LogP contribution in [0.2, 0.25) is 5.02 Å². The zero-order valence-electron chi connectivity index (χ0n) is 11.8. The fourth-order valence-corrected chi connectivity index (χ4v) is 3.72. The Hall–Kier alpha value is -1.26. The summed E-state index contributed by atoms with van der Waals surface area (Å²) in [5.74, 6) is 0.0233. The molecule has 1 aromatic carbocycles. The van der Waals surface area contributed by atoms with Crippen LogP contribution >= 0.6 is 11.6 Å². The van der Waals surface area contributed by atoms with Crippen LogP contribution in [-0.2, 0) is 0 Å². The van der Waals surface area contributed by atoms with Crippen molar-refractivity contribution in [1.29, 1.82) is 5.41 Å². The number of nitrogens with two attached hydrogens (primary N) is 1. The monoisotopic (exact) mass is 292 g/mol. The molecular formula is C15H21ClN4. The highest BCUT2D eigenvalue weighted by molar-refractivity contribution is 6.34. The fraction of sp³-hybridized carbons (Fsp3) is 0.533. The molecule has 0 amide bonds. The van der Waals surface area contributed by atoms with E-state index in [0.29, 0.717) is 22.7 Å². The second-order valence-corrected chi connectivity index (χ2v) is 6.28. The van der Waals surface area contributed by atoms with Crippen molar-refractivity contribution in [2.75, 3.05) is 24.5 Å². The smallest absolute Gasteiger partial charge is 0.124 e. The van der Waals surface area contributed by atoms with E-state index in [1.54, 1.807) is 0 Å². The van der Waals surface area contributed by atoms with Crippen molar-refractivity contribution in [3.05, 3.63) is 28.8 Å². The average molecular weight is 293 g/mol. The number of halogens is 1. The van der Waals surface area contributed by atoms with Gasteiger partial charge in [-0.2, -0.15) is 0 Å². The first-order chi connectivity index (χ1) is 9.56. The first kappa shape index (κ1) is 13.7. The number of nitrogens with zero attached hydrogens (tertiary/aromatic N) is 2. The number of amidine groups is 1. The molecule has 2 heterocycles. The van der Waals surface area contributed by atoms with Crippen LogP contribution < -0.4 is 10.6 Å². The van der Waals surface area contributed by atoms with E-state index >= 15 is 0 Å². The van der Waals surface area contributed by atoms with E-state index in [9.17, 15) is 0 Å². The molecule has 2 aliphatic rings. The van der Waals surface area contributed by atoms with Gasteiger partial charge in [-0.3, -0.25) is 10.3 Å². The van der Waals surface area contributed by atoms with Gasteiger partial charge in [0.1, 0.15) is 5.84 Å². The second kappa shape index (κ2) is 5.26. The number of piperazine rings is 1. The van der Waals surface area contributed by atoms with Crippen LogP contribution in [0.3, 0.4) is 0 Å². The minimum absolute atomic E-state index is 0.0233. The maximum absolute atomic E-state index is 7.50. The normalized spacial score (nSPS) is 26.6. The molecular weight excluding hydrogens is 272 g/mol. The molecule has 0 spiro atoms. The second-order valence-electron chi connectivity index (χ2n) is 5.87. The molecule has 5 heteroatoms. The van der Waals surface area contributed by atoms with Crippen LogP contribution in [-0.4, -0.2) is 42.5 Å². The average Bonchev–Trinajstić information content (AvgIpc) is 2.84. The molecule has 0 aliphatic carbocycles. The van der Waals surface area contributed by atoms with E-state index in [1.165, 1.54) is 19.4 Å². The molecule has 3 N–H and O–H groups in total. The van der Waals surface area contributed by atoms with Crippen LogP contribution in [0.15, 0.2) is 18.2 Å². The van der Waals surface area contributed by atoms with Crippen molar-refractivity contribution in [1.82, 2.24) is 4.90 Å². The number of rotatable bonds is 2. The summed E-state index contributed by atoms with van der Waals surface area (Å²) in [7, 11) is 0. The molecule has 0 bridgehead atoms. The van der Waals surface area contributed by atoms with Crippen LogP contribution in [0.4, 0.5) is 5.69 Å². The number of nitrogens with one attached hydrogen (secondary N) is 1.